The van der Waals surface area contributed by atoms with E-state index in [4.69, 9.17) is 4.18 Å². The first-order valence-electron chi connectivity index (χ1n) is 6.63. The number of benzene rings is 1. The summed E-state index contributed by atoms with van der Waals surface area (Å²) < 4.78 is 26.6. The lowest BCUT2D eigenvalue weighted by Gasteiger charge is -2.31. The third-order valence-corrected chi connectivity index (χ3v) is 4.08. The van der Waals surface area contributed by atoms with Gasteiger partial charge in [-0.1, -0.05) is 44.2 Å². The smallest absolute Gasteiger partial charge is 0.264 e. The Morgan fingerprint density at radius 1 is 1.30 bits per heavy atom. The molecule has 0 fully saturated rings. The van der Waals surface area contributed by atoms with Crippen LogP contribution >= 0.6 is 0 Å². The van der Waals surface area contributed by atoms with Gasteiger partial charge in [-0.3, -0.25) is 4.18 Å². The van der Waals surface area contributed by atoms with Crippen molar-refractivity contribution < 1.29 is 12.6 Å². The van der Waals surface area contributed by atoms with E-state index in [9.17, 15) is 13.7 Å². The van der Waals surface area contributed by atoms with E-state index in [-0.39, 0.29) is 12.5 Å². The van der Waals surface area contributed by atoms with Crippen LogP contribution in [0.2, 0.25) is 0 Å². The van der Waals surface area contributed by atoms with Gasteiger partial charge in [-0.25, -0.2) is 0 Å². The van der Waals surface area contributed by atoms with E-state index in [0.717, 1.165) is 11.8 Å². The lowest BCUT2D eigenvalue weighted by atomic mass is 9.70. The highest BCUT2D eigenvalue weighted by atomic mass is 32.2. The summed E-state index contributed by atoms with van der Waals surface area (Å²) in [5.74, 6) is 0.133. The average molecular weight is 295 g/mol. The van der Waals surface area contributed by atoms with Gasteiger partial charge < -0.3 is 0 Å². The molecule has 1 aromatic carbocycles. The summed E-state index contributed by atoms with van der Waals surface area (Å²) in [6, 6.07) is 12.1. The van der Waals surface area contributed by atoms with Crippen LogP contribution in [0, 0.1) is 17.2 Å². The fraction of sp³-hybridized carbons (Fsp3) is 0.533. The quantitative estimate of drug-likeness (QED) is 0.573. The summed E-state index contributed by atoms with van der Waals surface area (Å²) in [6.07, 6.45) is 2.12. The van der Waals surface area contributed by atoms with Gasteiger partial charge in [0.25, 0.3) is 10.1 Å². The fourth-order valence-electron chi connectivity index (χ4n) is 2.31. The Balaban J connectivity index is 2.84. The molecule has 0 saturated carbocycles. The van der Waals surface area contributed by atoms with Crippen LogP contribution in [0.5, 0.6) is 0 Å². The minimum atomic E-state index is -3.42. The summed E-state index contributed by atoms with van der Waals surface area (Å²) in [7, 11) is -3.42. The molecule has 0 aliphatic carbocycles. The molecule has 0 N–H and O–H groups in total. The first-order chi connectivity index (χ1) is 9.32. The Hall–Kier alpha value is -1.38. The van der Waals surface area contributed by atoms with Gasteiger partial charge in [0.2, 0.25) is 0 Å². The van der Waals surface area contributed by atoms with E-state index < -0.39 is 15.5 Å². The standard InChI is InChI=1S/C15H21NO3S/c1-13(2)15(12-16,14-8-5-4-6-9-14)10-7-11-19-20(3,17)18/h4-6,8-9,13H,7,10-11H2,1-3H3/t15-/m0/s1. The van der Waals surface area contributed by atoms with Crippen LogP contribution in [0.3, 0.4) is 0 Å². The van der Waals surface area contributed by atoms with E-state index >= 15 is 0 Å². The second kappa shape index (κ2) is 6.87. The Bertz CT molecular complexity index is 561. The lowest BCUT2D eigenvalue weighted by molar-refractivity contribution is 0.279. The second-order valence-corrected chi connectivity index (χ2v) is 6.88. The first kappa shape index (κ1) is 16.7. The van der Waals surface area contributed by atoms with Crippen LogP contribution < -0.4 is 0 Å². The van der Waals surface area contributed by atoms with E-state index in [0.29, 0.717) is 12.8 Å². The number of hydrogen-bond acceptors (Lipinski definition) is 4. The highest BCUT2D eigenvalue weighted by Gasteiger charge is 2.35. The summed E-state index contributed by atoms with van der Waals surface area (Å²) in [6.45, 7) is 4.13. The Labute approximate surface area is 121 Å². The third-order valence-electron chi connectivity index (χ3n) is 3.49. The first-order valence-corrected chi connectivity index (χ1v) is 8.44. The van der Waals surface area contributed by atoms with Crippen molar-refractivity contribution in [3.05, 3.63) is 35.9 Å². The van der Waals surface area contributed by atoms with Crippen LogP contribution in [0.1, 0.15) is 32.3 Å². The topological polar surface area (TPSA) is 67.2 Å². The predicted octanol–water partition coefficient (Wildman–Crippen LogP) is 2.86. The third kappa shape index (κ3) is 4.32. The summed E-state index contributed by atoms with van der Waals surface area (Å²) in [5, 5.41) is 9.65. The van der Waals surface area contributed by atoms with Gasteiger partial charge in [-0.15, -0.1) is 0 Å². The summed E-state index contributed by atoms with van der Waals surface area (Å²) in [5.41, 5.74) is 0.360. The number of nitriles is 1. The zero-order valence-corrected chi connectivity index (χ0v) is 13.0. The van der Waals surface area contributed by atoms with Crippen molar-refractivity contribution in [1.29, 1.82) is 5.26 Å². The van der Waals surface area contributed by atoms with Gasteiger partial charge in [-0.2, -0.15) is 13.7 Å². The molecule has 0 unspecified atom stereocenters. The zero-order valence-electron chi connectivity index (χ0n) is 12.2. The predicted molar refractivity (Wildman–Crippen MR) is 78.6 cm³/mol. The van der Waals surface area contributed by atoms with Crippen LogP contribution in [-0.4, -0.2) is 21.3 Å². The molecule has 0 aliphatic heterocycles. The molecule has 0 saturated heterocycles. The van der Waals surface area contributed by atoms with Crippen molar-refractivity contribution in [3.63, 3.8) is 0 Å². The molecule has 0 radical (unpaired) electrons. The Kier molecular flexibility index (Phi) is 5.73. The molecule has 0 spiro atoms. The van der Waals surface area contributed by atoms with Crippen LogP contribution in [0.25, 0.3) is 0 Å². The van der Waals surface area contributed by atoms with Gasteiger partial charge in [0.05, 0.1) is 24.3 Å². The average Bonchev–Trinajstić information content (AvgIpc) is 2.39. The van der Waals surface area contributed by atoms with Gasteiger partial charge >= 0.3 is 0 Å². The highest BCUT2D eigenvalue weighted by molar-refractivity contribution is 7.85. The van der Waals surface area contributed by atoms with E-state index in [2.05, 4.69) is 6.07 Å². The molecule has 1 atom stereocenters. The molecule has 0 amide bonds. The monoisotopic (exact) mass is 295 g/mol. The van der Waals surface area contributed by atoms with E-state index in [1.54, 1.807) is 0 Å². The maximum atomic E-state index is 10.9. The zero-order chi connectivity index (χ0) is 15.2. The van der Waals surface area contributed by atoms with Gasteiger partial charge in [0.1, 0.15) is 0 Å². The fourth-order valence-corrected chi connectivity index (χ4v) is 2.73. The van der Waals surface area contributed by atoms with Gasteiger partial charge in [-0.05, 0) is 24.3 Å². The highest BCUT2D eigenvalue weighted by Crippen LogP contribution is 2.36. The number of hydrogen-bond donors (Lipinski definition) is 0. The van der Waals surface area contributed by atoms with Crippen LogP contribution in [0.4, 0.5) is 0 Å². The normalized spacial score (nSPS) is 14.8. The molecule has 110 valence electrons. The van der Waals surface area contributed by atoms with Gasteiger partial charge in [0, 0.05) is 0 Å². The van der Waals surface area contributed by atoms with Gasteiger partial charge in [0.15, 0.2) is 0 Å². The lowest BCUT2D eigenvalue weighted by Crippen LogP contribution is -2.31. The largest absolute Gasteiger partial charge is 0.270 e. The minimum Gasteiger partial charge on any atom is -0.270 e. The Morgan fingerprint density at radius 2 is 1.90 bits per heavy atom. The molecule has 0 aliphatic rings. The van der Waals surface area contributed by atoms with Crippen molar-refractivity contribution in [2.75, 3.05) is 12.9 Å². The van der Waals surface area contributed by atoms with Crippen LogP contribution in [0.15, 0.2) is 30.3 Å². The summed E-state index contributed by atoms with van der Waals surface area (Å²) >= 11 is 0. The molecule has 0 bridgehead atoms. The van der Waals surface area contributed by atoms with Crippen molar-refractivity contribution in [3.8, 4) is 6.07 Å². The maximum Gasteiger partial charge on any atom is 0.264 e. The maximum absolute atomic E-state index is 10.9. The van der Waals surface area contributed by atoms with Crippen molar-refractivity contribution in [2.45, 2.75) is 32.1 Å². The van der Waals surface area contributed by atoms with Crippen molar-refractivity contribution >= 4 is 10.1 Å². The number of nitrogens with zero attached hydrogens (tertiary/aromatic N) is 1. The van der Waals surface area contributed by atoms with Crippen molar-refractivity contribution in [1.82, 2.24) is 0 Å². The van der Waals surface area contributed by atoms with Crippen molar-refractivity contribution in [2.24, 2.45) is 5.92 Å². The number of rotatable bonds is 7. The minimum absolute atomic E-state index is 0.113. The molecular weight excluding hydrogens is 274 g/mol. The van der Waals surface area contributed by atoms with E-state index in [1.165, 1.54) is 0 Å². The van der Waals surface area contributed by atoms with E-state index in [1.807, 2.05) is 44.2 Å². The Morgan fingerprint density at radius 3 is 2.35 bits per heavy atom. The summed E-state index contributed by atoms with van der Waals surface area (Å²) in [4.78, 5) is 0. The molecule has 0 aromatic heterocycles. The second-order valence-electron chi connectivity index (χ2n) is 5.23. The molecule has 1 aromatic rings. The SMILES string of the molecule is CC(C)[C@@](C#N)(CCCOS(C)(=O)=O)c1ccccc1. The molecule has 4 nitrogen and oxygen atoms in total. The molecule has 1 rings (SSSR count). The molecule has 0 heterocycles. The molecule has 20 heavy (non-hydrogen) atoms. The van der Waals surface area contributed by atoms with Crippen LogP contribution in [-0.2, 0) is 19.7 Å². The molecular formula is C15H21NO3S. The molecule has 5 heteroatoms.